The van der Waals surface area contributed by atoms with Crippen molar-refractivity contribution in [3.63, 3.8) is 0 Å². The fourth-order valence-electron chi connectivity index (χ4n) is 5.13. The van der Waals surface area contributed by atoms with Crippen LogP contribution in [0.1, 0.15) is 174 Å². The van der Waals surface area contributed by atoms with E-state index in [1.807, 2.05) is 0 Å². The number of rotatable bonds is 29. The SMILES string of the molecule is CCCCCCCCCCCCCCN(CCCCCCCCCCCC)C(=O)C(N)CCCCN. The van der Waals surface area contributed by atoms with Crippen LogP contribution in [0.15, 0.2) is 0 Å². The van der Waals surface area contributed by atoms with Gasteiger partial charge in [0.15, 0.2) is 0 Å². The second kappa shape index (κ2) is 29.0. The van der Waals surface area contributed by atoms with Crippen molar-refractivity contribution in [1.29, 1.82) is 0 Å². The average Bonchev–Trinajstić information content (AvgIpc) is 2.88. The number of carbonyl (C=O) groups excluding carboxylic acids is 1. The third kappa shape index (κ3) is 23.8. The first-order valence-corrected chi connectivity index (χ1v) is 16.4. The second-order valence-corrected chi connectivity index (χ2v) is 11.3. The molecule has 0 aromatic carbocycles. The molecule has 1 unspecified atom stereocenters. The Kier molecular flexibility index (Phi) is 28.5. The van der Waals surface area contributed by atoms with E-state index < -0.39 is 0 Å². The summed E-state index contributed by atoms with van der Waals surface area (Å²) >= 11 is 0. The van der Waals surface area contributed by atoms with Gasteiger partial charge in [0.2, 0.25) is 5.91 Å². The van der Waals surface area contributed by atoms with Crippen molar-refractivity contribution in [2.45, 2.75) is 180 Å². The quantitative estimate of drug-likeness (QED) is 0.0988. The Labute approximate surface area is 227 Å². The van der Waals surface area contributed by atoms with Crippen LogP contribution in [0.5, 0.6) is 0 Å². The van der Waals surface area contributed by atoms with Crippen LogP contribution in [0.4, 0.5) is 0 Å². The molecule has 0 aromatic heterocycles. The van der Waals surface area contributed by atoms with E-state index in [-0.39, 0.29) is 11.9 Å². The molecular weight excluding hydrogens is 442 g/mol. The summed E-state index contributed by atoms with van der Waals surface area (Å²) in [6, 6.07) is -0.350. The Morgan fingerprint density at radius 3 is 1.19 bits per heavy atom. The van der Waals surface area contributed by atoms with Gasteiger partial charge in [-0.05, 0) is 32.2 Å². The lowest BCUT2D eigenvalue weighted by Gasteiger charge is -2.26. The first-order chi connectivity index (χ1) is 17.7. The van der Waals surface area contributed by atoms with Gasteiger partial charge in [0.1, 0.15) is 0 Å². The van der Waals surface area contributed by atoms with Crippen LogP contribution >= 0.6 is 0 Å². The minimum Gasteiger partial charge on any atom is -0.341 e. The Bertz CT molecular complexity index is 443. The number of hydrogen-bond donors (Lipinski definition) is 2. The van der Waals surface area contributed by atoms with Crippen molar-refractivity contribution < 1.29 is 4.79 Å². The Morgan fingerprint density at radius 1 is 0.528 bits per heavy atom. The molecule has 0 aromatic rings. The first kappa shape index (κ1) is 35.4. The maximum atomic E-state index is 13.0. The molecule has 4 N–H and O–H groups in total. The number of nitrogens with two attached hydrogens (primary N) is 2. The first-order valence-electron chi connectivity index (χ1n) is 16.4. The lowest BCUT2D eigenvalue weighted by atomic mass is 10.0. The van der Waals surface area contributed by atoms with Crippen molar-refractivity contribution in [3.05, 3.63) is 0 Å². The van der Waals surface area contributed by atoms with Gasteiger partial charge in [0.05, 0.1) is 6.04 Å². The van der Waals surface area contributed by atoms with Crippen molar-refractivity contribution >= 4 is 5.91 Å². The van der Waals surface area contributed by atoms with Crippen LogP contribution in [0.25, 0.3) is 0 Å². The lowest BCUT2D eigenvalue weighted by molar-refractivity contribution is -0.133. The molecule has 0 rings (SSSR count). The van der Waals surface area contributed by atoms with Crippen molar-refractivity contribution in [3.8, 4) is 0 Å². The van der Waals surface area contributed by atoms with E-state index >= 15 is 0 Å². The maximum Gasteiger partial charge on any atom is 0.239 e. The van der Waals surface area contributed by atoms with Gasteiger partial charge >= 0.3 is 0 Å². The Morgan fingerprint density at radius 2 is 0.861 bits per heavy atom. The van der Waals surface area contributed by atoms with Gasteiger partial charge in [-0.25, -0.2) is 0 Å². The Hall–Kier alpha value is -0.610. The molecule has 1 atom stereocenters. The number of carbonyl (C=O) groups is 1. The van der Waals surface area contributed by atoms with Crippen LogP contribution in [0, 0.1) is 0 Å². The topological polar surface area (TPSA) is 72.3 Å². The summed E-state index contributed by atoms with van der Waals surface area (Å²) < 4.78 is 0. The fraction of sp³-hybridized carbons (Fsp3) is 0.969. The zero-order valence-corrected chi connectivity index (χ0v) is 24.9. The molecule has 1 amide bonds. The summed E-state index contributed by atoms with van der Waals surface area (Å²) in [5, 5.41) is 0. The van der Waals surface area contributed by atoms with Gasteiger partial charge in [-0.3, -0.25) is 4.79 Å². The third-order valence-electron chi connectivity index (χ3n) is 7.66. The van der Waals surface area contributed by atoms with Crippen LogP contribution in [-0.2, 0) is 4.79 Å². The molecule has 0 heterocycles. The molecule has 0 aliphatic heterocycles. The second-order valence-electron chi connectivity index (χ2n) is 11.3. The van der Waals surface area contributed by atoms with E-state index in [1.54, 1.807) is 0 Å². The summed E-state index contributed by atoms with van der Waals surface area (Å²) in [6.07, 6.45) is 32.1. The summed E-state index contributed by atoms with van der Waals surface area (Å²) in [4.78, 5) is 15.1. The van der Waals surface area contributed by atoms with Crippen LogP contribution in [-0.4, -0.2) is 36.5 Å². The van der Waals surface area contributed by atoms with Crippen LogP contribution in [0.2, 0.25) is 0 Å². The summed E-state index contributed by atoms with van der Waals surface area (Å²) in [6.45, 7) is 7.02. The molecule has 0 aliphatic carbocycles. The van der Waals surface area contributed by atoms with Gasteiger partial charge < -0.3 is 16.4 Å². The van der Waals surface area contributed by atoms with Crippen LogP contribution in [0.3, 0.4) is 0 Å². The van der Waals surface area contributed by atoms with Crippen LogP contribution < -0.4 is 11.5 Å². The molecular formula is C32H67N3O. The standard InChI is InChI=1S/C32H67N3O/c1-3-5-7-9-11-13-15-16-18-20-22-26-30-35(32(36)31(34)27-23-24-28-33)29-25-21-19-17-14-12-10-8-6-4-2/h31H,3-30,33-34H2,1-2H3. The number of nitrogens with zero attached hydrogens (tertiary/aromatic N) is 1. The molecule has 36 heavy (non-hydrogen) atoms. The lowest BCUT2D eigenvalue weighted by Crippen LogP contribution is -2.44. The highest BCUT2D eigenvalue weighted by atomic mass is 16.2. The molecule has 0 aliphatic rings. The monoisotopic (exact) mass is 510 g/mol. The van der Waals surface area contributed by atoms with Gasteiger partial charge in [0.25, 0.3) is 0 Å². The third-order valence-corrected chi connectivity index (χ3v) is 7.66. The maximum absolute atomic E-state index is 13.0. The number of amides is 1. The number of unbranched alkanes of at least 4 members (excludes halogenated alkanes) is 21. The van der Waals surface area contributed by atoms with Crippen molar-refractivity contribution in [2.75, 3.05) is 19.6 Å². The highest BCUT2D eigenvalue weighted by molar-refractivity contribution is 5.81. The van der Waals surface area contributed by atoms with E-state index in [4.69, 9.17) is 11.5 Å². The molecule has 4 heteroatoms. The minimum atomic E-state index is -0.350. The molecule has 0 radical (unpaired) electrons. The van der Waals surface area contributed by atoms with Crippen molar-refractivity contribution in [1.82, 2.24) is 4.90 Å². The van der Waals surface area contributed by atoms with Crippen molar-refractivity contribution in [2.24, 2.45) is 11.5 Å². The van der Waals surface area contributed by atoms with E-state index in [1.165, 1.54) is 128 Å². The fourth-order valence-corrected chi connectivity index (χ4v) is 5.13. The zero-order valence-electron chi connectivity index (χ0n) is 24.9. The summed E-state index contributed by atoms with van der Waals surface area (Å²) in [5.41, 5.74) is 11.9. The molecule has 0 bridgehead atoms. The summed E-state index contributed by atoms with van der Waals surface area (Å²) in [7, 11) is 0. The smallest absolute Gasteiger partial charge is 0.239 e. The molecule has 0 fully saturated rings. The van der Waals surface area contributed by atoms with E-state index in [0.29, 0.717) is 6.54 Å². The zero-order chi connectivity index (χ0) is 26.5. The molecule has 0 saturated heterocycles. The normalized spacial score (nSPS) is 12.2. The van der Waals surface area contributed by atoms with E-state index in [0.717, 1.165) is 45.2 Å². The van der Waals surface area contributed by atoms with Gasteiger partial charge in [-0.2, -0.15) is 0 Å². The largest absolute Gasteiger partial charge is 0.341 e. The van der Waals surface area contributed by atoms with Gasteiger partial charge in [-0.15, -0.1) is 0 Å². The van der Waals surface area contributed by atoms with Gasteiger partial charge in [-0.1, -0.05) is 149 Å². The molecule has 216 valence electrons. The van der Waals surface area contributed by atoms with E-state index in [9.17, 15) is 4.79 Å². The van der Waals surface area contributed by atoms with Gasteiger partial charge in [0, 0.05) is 13.1 Å². The summed E-state index contributed by atoms with van der Waals surface area (Å²) in [5.74, 6) is 0.172. The van der Waals surface area contributed by atoms with E-state index in [2.05, 4.69) is 18.7 Å². The molecule has 0 saturated carbocycles. The predicted molar refractivity (Wildman–Crippen MR) is 160 cm³/mol. The predicted octanol–water partition coefficient (Wildman–Crippen LogP) is 8.89. The number of hydrogen-bond acceptors (Lipinski definition) is 3. The average molecular weight is 510 g/mol. The molecule has 4 nitrogen and oxygen atoms in total. The minimum absolute atomic E-state index is 0.172. The Balaban J connectivity index is 4.06. The molecule has 0 spiro atoms. The highest BCUT2D eigenvalue weighted by Gasteiger charge is 2.20. The highest BCUT2D eigenvalue weighted by Crippen LogP contribution is 2.14.